The van der Waals surface area contributed by atoms with Crippen LogP contribution in [0.25, 0.3) is 16.9 Å². The zero-order valence-corrected chi connectivity index (χ0v) is 16.7. The second kappa shape index (κ2) is 6.29. The summed E-state index contributed by atoms with van der Waals surface area (Å²) < 4.78 is 18.5. The fraction of sp³-hybridized carbons (Fsp3) is 0.318. The molecule has 0 saturated carbocycles. The quantitative estimate of drug-likeness (QED) is 0.509. The van der Waals surface area contributed by atoms with Gasteiger partial charge >= 0.3 is 0 Å². The van der Waals surface area contributed by atoms with Crippen molar-refractivity contribution in [2.75, 3.05) is 11.1 Å². The maximum absolute atomic E-state index is 14.8. The monoisotopic (exact) mass is 403 g/mol. The highest BCUT2D eigenvalue weighted by molar-refractivity contribution is 5.80. The Labute approximate surface area is 172 Å². The second-order valence-corrected chi connectivity index (χ2v) is 8.26. The van der Waals surface area contributed by atoms with Crippen LogP contribution < -0.4 is 11.1 Å². The molecule has 0 radical (unpaired) electrons. The molecule has 30 heavy (non-hydrogen) atoms. The van der Waals surface area contributed by atoms with Gasteiger partial charge in [0.2, 0.25) is 0 Å². The summed E-state index contributed by atoms with van der Waals surface area (Å²) in [5.41, 5.74) is 13.0. The van der Waals surface area contributed by atoms with Gasteiger partial charge in [-0.05, 0) is 60.4 Å². The highest BCUT2D eigenvalue weighted by atomic mass is 19.1. The molecule has 6 rings (SSSR count). The molecule has 7 nitrogen and oxygen atoms in total. The van der Waals surface area contributed by atoms with Crippen molar-refractivity contribution >= 4 is 17.3 Å². The van der Waals surface area contributed by atoms with E-state index in [4.69, 9.17) is 5.73 Å². The Bertz CT molecular complexity index is 1300. The summed E-state index contributed by atoms with van der Waals surface area (Å²) in [5.74, 6) is 1.66. The molecule has 1 aliphatic carbocycles. The maximum Gasteiger partial charge on any atom is 0.171 e. The van der Waals surface area contributed by atoms with Crippen molar-refractivity contribution in [1.82, 2.24) is 24.4 Å². The van der Waals surface area contributed by atoms with Gasteiger partial charge in [-0.1, -0.05) is 6.07 Å². The smallest absolute Gasteiger partial charge is 0.171 e. The standard InChI is InChI=1S/C22H22FN7/c1-29-18(9-19(24)28-29)15-8-14-5-4-12-2-3-13-6-7-17(23)16(20(12)13)10-25-21(14)30-11-26-27-22(15)30/h6-9,11-12,25H,2-5,10H2,1H3,(H2,24,28). The molecule has 1 atom stereocenters. The van der Waals surface area contributed by atoms with Gasteiger partial charge in [0.1, 0.15) is 23.8 Å². The second-order valence-electron chi connectivity index (χ2n) is 8.26. The predicted molar refractivity (Wildman–Crippen MR) is 113 cm³/mol. The van der Waals surface area contributed by atoms with Gasteiger partial charge < -0.3 is 11.1 Å². The molecule has 3 N–H and O–H groups in total. The van der Waals surface area contributed by atoms with E-state index < -0.39 is 0 Å². The number of nitrogens with zero attached hydrogens (tertiary/aromatic N) is 5. The van der Waals surface area contributed by atoms with Crippen LogP contribution in [0.4, 0.5) is 16.0 Å². The van der Waals surface area contributed by atoms with E-state index in [9.17, 15) is 4.39 Å². The van der Waals surface area contributed by atoms with E-state index in [0.717, 1.165) is 54.0 Å². The molecule has 2 aliphatic rings. The summed E-state index contributed by atoms with van der Waals surface area (Å²) in [6.07, 6.45) is 5.69. The van der Waals surface area contributed by atoms with Crippen LogP contribution in [0.5, 0.6) is 0 Å². The Balaban J connectivity index is 1.53. The van der Waals surface area contributed by atoms with Crippen molar-refractivity contribution in [3.8, 4) is 11.3 Å². The molecular weight excluding hydrogens is 381 g/mol. The first-order valence-electron chi connectivity index (χ1n) is 10.3. The molecule has 4 aromatic rings. The average molecular weight is 403 g/mol. The molecule has 3 aromatic heterocycles. The van der Waals surface area contributed by atoms with Crippen molar-refractivity contribution < 1.29 is 4.39 Å². The molecule has 0 saturated heterocycles. The van der Waals surface area contributed by atoms with Crippen LogP contribution in [-0.4, -0.2) is 24.4 Å². The van der Waals surface area contributed by atoms with E-state index in [1.165, 1.54) is 16.7 Å². The lowest BCUT2D eigenvalue weighted by molar-refractivity contribution is 0.590. The molecule has 0 fully saturated rings. The summed E-state index contributed by atoms with van der Waals surface area (Å²) in [6.45, 7) is 0.448. The number of anilines is 2. The Morgan fingerprint density at radius 2 is 2.00 bits per heavy atom. The molecule has 0 bridgehead atoms. The molecule has 1 aliphatic heterocycles. The largest absolute Gasteiger partial charge is 0.382 e. The fourth-order valence-electron chi connectivity index (χ4n) is 5.22. The van der Waals surface area contributed by atoms with Crippen LogP contribution in [0, 0.1) is 5.82 Å². The number of hydrogen-bond acceptors (Lipinski definition) is 5. The first-order chi connectivity index (χ1) is 14.6. The van der Waals surface area contributed by atoms with Crippen molar-refractivity contribution in [2.45, 2.75) is 38.1 Å². The average Bonchev–Trinajstić information content (AvgIpc) is 3.44. The van der Waals surface area contributed by atoms with Crippen LogP contribution in [0.2, 0.25) is 0 Å². The van der Waals surface area contributed by atoms with Crippen molar-refractivity contribution in [2.24, 2.45) is 7.05 Å². The Hall–Kier alpha value is -3.42. The number of pyridine rings is 1. The van der Waals surface area contributed by atoms with E-state index in [0.29, 0.717) is 18.3 Å². The number of halogens is 1. The molecule has 8 heteroatoms. The van der Waals surface area contributed by atoms with E-state index >= 15 is 0 Å². The Morgan fingerprint density at radius 3 is 2.80 bits per heavy atom. The highest BCUT2D eigenvalue weighted by Gasteiger charge is 2.29. The minimum absolute atomic E-state index is 0.126. The Morgan fingerprint density at radius 1 is 1.17 bits per heavy atom. The number of nitrogens with two attached hydrogens (primary N) is 1. The third-order valence-corrected chi connectivity index (χ3v) is 6.58. The summed E-state index contributed by atoms with van der Waals surface area (Å²) >= 11 is 0. The number of rotatable bonds is 1. The van der Waals surface area contributed by atoms with Gasteiger partial charge in [0.15, 0.2) is 5.65 Å². The third kappa shape index (κ3) is 2.46. The normalized spacial score (nSPS) is 17.7. The van der Waals surface area contributed by atoms with Gasteiger partial charge in [0.25, 0.3) is 0 Å². The minimum Gasteiger partial charge on any atom is -0.382 e. The first-order valence-corrected chi connectivity index (χ1v) is 10.3. The minimum atomic E-state index is -0.126. The molecule has 1 aromatic carbocycles. The highest BCUT2D eigenvalue weighted by Crippen LogP contribution is 2.42. The van der Waals surface area contributed by atoms with Gasteiger partial charge in [-0.2, -0.15) is 5.10 Å². The number of hydrogen-bond donors (Lipinski definition) is 2. The molecule has 152 valence electrons. The van der Waals surface area contributed by atoms with Crippen LogP contribution in [0.15, 0.2) is 30.6 Å². The third-order valence-electron chi connectivity index (χ3n) is 6.58. The molecule has 0 spiro atoms. The number of nitrogen functional groups attached to an aromatic ring is 1. The van der Waals surface area contributed by atoms with Gasteiger partial charge in [-0.3, -0.25) is 9.08 Å². The maximum atomic E-state index is 14.8. The van der Waals surface area contributed by atoms with Crippen molar-refractivity contribution in [3.63, 3.8) is 0 Å². The van der Waals surface area contributed by atoms with E-state index in [2.05, 4.69) is 26.7 Å². The lowest BCUT2D eigenvalue weighted by Gasteiger charge is -2.16. The zero-order valence-electron chi connectivity index (χ0n) is 16.7. The topological polar surface area (TPSA) is 86.1 Å². The van der Waals surface area contributed by atoms with Gasteiger partial charge in [-0.15, -0.1) is 10.2 Å². The molecule has 4 heterocycles. The van der Waals surface area contributed by atoms with Crippen LogP contribution >= 0.6 is 0 Å². The van der Waals surface area contributed by atoms with Crippen LogP contribution in [0.1, 0.15) is 41.0 Å². The molecule has 1 unspecified atom stereocenters. The van der Waals surface area contributed by atoms with Crippen molar-refractivity contribution in [3.05, 3.63) is 58.7 Å². The number of aromatic nitrogens is 5. The van der Waals surface area contributed by atoms with Gasteiger partial charge in [0, 0.05) is 30.8 Å². The van der Waals surface area contributed by atoms with Crippen LogP contribution in [-0.2, 0) is 26.4 Å². The van der Waals surface area contributed by atoms with E-state index in [-0.39, 0.29) is 5.82 Å². The number of aryl methyl sites for hydroxylation is 3. The number of nitrogens with one attached hydrogen (secondary N) is 1. The zero-order chi connectivity index (χ0) is 20.4. The van der Waals surface area contributed by atoms with E-state index in [1.807, 2.05) is 23.6 Å². The SMILES string of the molecule is Cn1nc(N)cc1-c1cc2c(n3cnnc13)NCc1c(F)ccc3c1C(CC3)CC2. The van der Waals surface area contributed by atoms with E-state index in [1.54, 1.807) is 17.1 Å². The lowest BCUT2D eigenvalue weighted by atomic mass is 9.91. The van der Waals surface area contributed by atoms with Gasteiger partial charge in [-0.25, -0.2) is 4.39 Å². The predicted octanol–water partition coefficient (Wildman–Crippen LogP) is 3.44. The van der Waals surface area contributed by atoms with Crippen LogP contribution in [0.3, 0.4) is 0 Å². The summed E-state index contributed by atoms with van der Waals surface area (Å²) in [4.78, 5) is 0. The lowest BCUT2D eigenvalue weighted by Crippen LogP contribution is -2.10. The summed E-state index contributed by atoms with van der Waals surface area (Å²) in [6, 6.07) is 7.59. The molecule has 0 amide bonds. The summed E-state index contributed by atoms with van der Waals surface area (Å²) in [5, 5.41) is 16.3. The number of benzene rings is 1. The summed E-state index contributed by atoms with van der Waals surface area (Å²) in [7, 11) is 1.87. The fourth-order valence-corrected chi connectivity index (χ4v) is 5.22. The van der Waals surface area contributed by atoms with Gasteiger partial charge in [0.05, 0.1) is 5.69 Å². The molecular formula is C22H22FN7. The number of fused-ring (bicyclic) bond motifs is 3. The van der Waals surface area contributed by atoms with Crippen molar-refractivity contribution in [1.29, 1.82) is 0 Å². The Kier molecular flexibility index (Phi) is 3.65. The first kappa shape index (κ1) is 17.4.